The van der Waals surface area contributed by atoms with Gasteiger partial charge in [-0.3, -0.25) is 14.9 Å². The first-order valence-corrected chi connectivity index (χ1v) is 10.4. The van der Waals surface area contributed by atoms with Crippen LogP contribution in [-0.4, -0.2) is 40.0 Å². The summed E-state index contributed by atoms with van der Waals surface area (Å²) in [5.41, 5.74) is -0.766. The van der Waals surface area contributed by atoms with Gasteiger partial charge in [-0.05, 0) is 36.4 Å². The summed E-state index contributed by atoms with van der Waals surface area (Å²) in [5, 5.41) is 21.1. The second-order valence-corrected chi connectivity index (χ2v) is 7.82. The molecule has 2 aromatic heterocycles. The van der Waals surface area contributed by atoms with Crippen molar-refractivity contribution in [2.75, 3.05) is 18.0 Å². The Balaban J connectivity index is 1.57. The van der Waals surface area contributed by atoms with Gasteiger partial charge in [0.1, 0.15) is 40.6 Å². The van der Waals surface area contributed by atoms with Crippen LogP contribution in [-0.2, 0) is 7.05 Å². The minimum Gasteiger partial charge on any atom is -0.490 e. The van der Waals surface area contributed by atoms with E-state index in [0.29, 0.717) is 37.2 Å². The smallest absolute Gasteiger partial charge is 0.490 e. The largest absolute Gasteiger partial charge is 0.573 e. The molecule has 35 heavy (non-hydrogen) atoms. The van der Waals surface area contributed by atoms with Gasteiger partial charge in [0, 0.05) is 33.0 Å². The molecule has 13 heteroatoms. The van der Waals surface area contributed by atoms with E-state index < -0.39 is 22.5 Å². The van der Waals surface area contributed by atoms with Gasteiger partial charge in [-0.25, -0.2) is 4.98 Å². The Morgan fingerprint density at radius 3 is 2.34 bits per heavy atom. The van der Waals surface area contributed by atoms with Crippen LogP contribution in [0, 0.1) is 21.4 Å². The number of piperidine rings is 1. The lowest BCUT2D eigenvalue weighted by molar-refractivity contribution is -0.385. The first kappa shape index (κ1) is 23.8. The Bertz CT molecular complexity index is 1370. The van der Waals surface area contributed by atoms with Crippen molar-refractivity contribution in [2.24, 2.45) is 7.05 Å². The fourth-order valence-electron chi connectivity index (χ4n) is 4.01. The molecule has 0 amide bonds. The van der Waals surface area contributed by atoms with E-state index in [-0.39, 0.29) is 28.8 Å². The zero-order chi connectivity index (χ0) is 25.3. The molecule has 0 bridgehead atoms. The van der Waals surface area contributed by atoms with E-state index in [1.165, 1.54) is 31.3 Å². The predicted molar refractivity (Wildman–Crippen MR) is 117 cm³/mol. The molecule has 1 aliphatic rings. The highest BCUT2D eigenvalue weighted by atomic mass is 19.4. The van der Waals surface area contributed by atoms with Crippen LogP contribution >= 0.6 is 0 Å². The number of halogens is 3. The highest BCUT2D eigenvalue weighted by Crippen LogP contribution is 2.35. The van der Waals surface area contributed by atoms with Crippen LogP contribution in [0.2, 0.25) is 0 Å². The monoisotopic (exact) mass is 489 g/mol. The molecule has 0 unspecified atom stereocenters. The lowest BCUT2D eigenvalue weighted by Crippen LogP contribution is -2.40. The summed E-state index contributed by atoms with van der Waals surface area (Å²) in [6.07, 6.45) is -4.25. The quantitative estimate of drug-likeness (QED) is 0.393. The number of fused-ring (bicyclic) bond motifs is 1. The standard InChI is InChI=1S/C22H18F3N5O5/c1-28-17-7-2-13(12-26)27-18(17)19(20(21(28)31)30(32)33)29-10-8-15(9-11-29)34-14-3-5-16(6-4-14)35-22(23,24)25/h2-7,15H,8-11H2,1H3. The Morgan fingerprint density at radius 2 is 1.77 bits per heavy atom. The highest BCUT2D eigenvalue weighted by molar-refractivity contribution is 5.94. The molecule has 0 atom stereocenters. The maximum atomic E-state index is 12.8. The van der Waals surface area contributed by atoms with E-state index in [9.17, 15) is 33.3 Å². The Labute approximate surface area is 195 Å². The molecule has 0 radical (unpaired) electrons. The first-order chi connectivity index (χ1) is 16.6. The average molecular weight is 489 g/mol. The fraction of sp³-hybridized carbons (Fsp3) is 0.318. The van der Waals surface area contributed by atoms with Gasteiger partial charge < -0.3 is 18.9 Å². The third-order valence-corrected chi connectivity index (χ3v) is 5.61. The zero-order valence-corrected chi connectivity index (χ0v) is 18.3. The van der Waals surface area contributed by atoms with Crippen LogP contribution in [0.15, 0.2) is 41.2 Å². The minimum atomic E-state index is -4.79. The number of anilines is 1. The van der Waals surface area contributed by atoms with Gasteiger partial charge in [-0.15, -0.1) is 13.2 Å². The molecular weight excluding hydrogens is 471 g/mol. The maximum Gasteiger partial charge on any atom is 0.573 e. The van der Waals surface area contributed by atoms with Crippen molar-refractivity contribution in [2.45, 2.75) is 25.3 Å². The Morgan fingerprint density at radius 1 is 1.14 bits per heavy atom. The lowest BCUT2D eigenvalue weighted by atomic mass is 10.1. The summed E-state index contributed by atoms with van der Waals surface area (Å²) < 4.78 is 47.8. The van der Waals surface area contributed by atoms with Crippen LogP contribution in [0.25, 0.3) is 11.0 Å². The summed E-state index contributed by atoms with van der Waals surface area (Å²) in [4.78, 5) is 29.8. The third-order valence-electron chi connectivity index (χ3n) is 5.61. The number of benzene rings is 1. The maximum absolute atomic E-state index is 12.8. The van der Waals surface area contributed by atoms with Gasteiger partial charge in [-0.2, -0.15) is 5.26 Å². The molecule has 10 nitrogen and oxygen atoms in total. The molecule has 4 rings (SSSR count). The summed E-state index contributed by atoms with van der Waals surface area (Å²) in [6, 6.07) is 9.87. The second kappa shape index (κ2) is 9.13. The van der Waals surface area contributed by atoms with Gasteiger partial charge in [0.15, 0.2) is 0 Å². The van der Waals surface area contributed by atoms with Crippen LogP contribution in [0.5, 0.6) is 11.5 Å². The van der Waals surface area contributed by atoms with E-state index >= 15 is 0 Å². The van der Waals surface area contributed by atoms with E-state index in [1.54, 1.807) is 4.90 Å². The molecule has 0 spiro atoms. The number of hydrogen-bond acceptors (Lipinski definition) is 8. The normalized spacial score (nSPS) is 14.5. The number of nitriles is 1. The van der Waals surface area contributed by atoms with Gasteiger partial charge in [0.2, 0.25) is 0 Å². The van der Waals surface area contributed by atoms with Crippen molar-refractivity contribution < 1.29 is 27.6 Å². The number of nitro groups is 1. The molecule has 1 aromatic carbocycles. The molecular formula is C22H18F3N5O5. The zero-order valence-electron chi connectivity index (χ0n) is 18.3. The van der Waals surface area contributed by atoms with E-state index in [2.05, 4.69) is 9.72 Å². The third kappa shape index (κ3) is 4.96. The predicted octanol–water partition coefficient (Wildman–Crippen LogP) is 3.66. The van der Waals surface area contributed by atoms with Gasteiger partial charge in [0.05, 0.1) is 10.4 Å². The number of pyridine rings is 2. The number of rotatable bonds is 5. The Kier molecular flexibility index (Phi) is 6.21. The van der Waals surface area contributed by atoms with Crippen molar-refractivity contribution in [1.82, 2.24) is 9.55 Å². The van der Waals surface area contributed by atoms with Crippen molar-refractivity contribution in [3.8, 4) is 17.6 Å². The molecule has 3 aromatic rings. The number of hydrogen-bond donors (Lipinski definition) is 0. The second-order valence-electron chi connectivity index (χ2n) is 7.82. The topological polar surface area (TPSA) is 124 Å². The van der Waals surface area contributed by atoms with Crippen molar-refractivity contribution in [3.63, 3.8) is 0 Å². The first-order valence-electron chi connectivity index (χ1n) is 10.4. The molecule has 1 saturated heterocycles. The summed E-state index contributed by atoms with van der Waals surface area (Å²) in [7, 11) is 1.40. The molecule has 0 aliphatic carbocycles. The number of alkyl halides is 3. The number of nitrogens with zero attached hydrogens (tertiary/aromatic N) is 5. The van der Waals surface area contributed by atoms with E-state index in [0.717, 1.165) is 16.7 Å². The van der Waals surface area contributed by atoms with Crippen LogP contribution in [0.4, 0.5) is 24.5 Å². The van der Waals surface area contributed by atoms with Gasteiger partial charge >= 0.3 is 17.6 Å². The molecule has 1 fully saturated rings. The van der Waals surface area contributed by atoms with E-state index in [1.807, 2.05) is 6.07 Å². The number of aromatic nitrogens is 2. The number of ether oxygens (including phenoxy) is 2. The van der Waals surface area contributed by atoms with Crippen molar-refractivity contribution >= 4 is 22.4 Å². The van der Waals surface area contributed by atoms with Crippen molar-refractivity contribution in [1.29, 1.82) is 5.26 Å². The van der Waals surface area contributed by atoms with Crippen LogP contribution in [0.3, 0.4) is 0 Å². The van der Waals surface area contributed by atoms with E-state index in [4.69, 9.17) is 4.74 Å². The summed E-state index contributed by atoms with van der Waals surface area (Å²) in [6.45, 7) is 0.586. The lowest BCUT2D eigenvalue weighted by Gasteiger charge is -2.33. The molecule has 3 heterocycles. The van der Waals surface area contributed by atoms with Crippen LogP contribution in [0.1, 0.15) is 18.5 Å². The van der Waals surface area contributed by atoms with Crippen LogP contribution < -0.4 is 19.9 Å². The molecule has 0 N–H and O–H groups in total. The molecule has 1 aliphatic heterocycles. The van der Waals surface area contributed by atoms with Crippen molar-refractivity contribution in [3.05, 3.63) is 62.6 Å². The fourth-order valence-corrected chi connectivity index (χ4v) is 4.01. The SMILES string of the molecule is Cn1c(=O)c([N+](=O)[O-])c(N2CCC(Oc3ccc(OC(F)(F)F)cc3)CC2)c2nc(C#N)ccc21. The summed E-state index contributed by atoms with van der Waals surface area (Å²) in [5.74, 6) is -0.0166. The van der Waals surface area contributed by atoms with Gasteiger partial charge in [0.25, 0.3) is 0 Å². The van der Waals surface area contributed by atoms with Gasteiger partial charge in [-0.1, -0.05) is 0 Å². The minimum absolute atomic E-state index is 0.0531. The Hall–Kier alpha value is -4.34. The summed E-state index contributed by atoms with van der Waals surface area (Å²) >= 11 is 0. The highest BCUT2D eigenvalue weighted by Gasteiger charge is 2.33. The molecule has 0 saturated carbocycles. The number of aryl methyl sites for hydroxylation is 1. The molecule has 182 valence electrons. The average Bonchev–Trinajstić information content (AvgIpc) is 2.81.